The Balaban J connectivity index is 2.78. The van der Waals surface area contributed by atoms with Crippen molar-refractivity contribution in [2.24, 2.45) is 0 Å². The molecule has 0 aliphatic carbocycles. The Morgan fingerprint density at radius 3 is 1.88 bits per heavy atom. The second-order valence-corrected chi connectivity index (χ2v) is 16.9. The molecule has 0 atom stereocenters. The number of rotatable bonds is 5. The van der Waals surface area contributed by atoms with E-state index in [9.17, 15) is 0 Å². The highest BCUT2D eigenvalue weighted by molar-refractivity contribution is 6.75. The molecule has 0 saturated carbocycles. The quantitative estimate of drug-likeness (QED) is 0.715. The van der Waals surface area contributed by atoms with Gasteiger partial charge in [-0.1, -0.05) is 43.9 Å². The molecule has 0 saturated heterocycles. The number of benzene rings is 1. The first-order valence-electron chi connectivity index (χ1n) is 6.38. The van der Waals surface area contributed by atoms with Crippen LogP contribution < -0.4 is 0 Å². The van der Waals surface area contributed by atoms with E-state index in [4.69, 9.17) is 4.43 Å². The van der Waals surface area contributed by atoms with Crippen molar-refractivity contribution in [3.8, 4) is 0 Å². The van der Waals surface area contributed by atoms with E-state index in [2.05, 4.69) is 63.5 Å². The van der Waals surface area contributed by atoms with Crippen molar-refractivity contribution in [3.05, 3.63) is 35.4 Å². The first kappa shape index (κ1) is 14.7. The van der Waals surface area contributed by atoms with Crippen molar-refractivity contribution in [1.29, 1.82) is 0 Å². The molecule has 0 aliphatic heterocycles. The highest BCUT2D eigenvalue weighted by Gasteiger charge is 2.18. The van der Waals surface area contributed by atoms with E-state index in [0.717, 1.165) is 6.61 Å². The molecule has 0 N–H and O–H groups in total. The number of hydrogen-bond donors (Lipinski definition) is 0. The highest BCUT2D eigenvalue weighted by atomic mass is 28.4. The van der Waals surface area contributed by atoms with Gasteiger partial charge in [0.25, 0.3) is 0 Å². The van der Waals surface area contributed by atoms with Crippen molar-refractivity contribution in [1.82, 2.24) is 0 Å². The zero-order valence-corrected chi connectivity index (χ0v) is 14.1. The summed E-state index contributed by atoms with van der Waals surface area (Å²) in [6, 6.07) is 10.00. The molecule has 1 rings (SSSR count). The predicted molar refractivity (Wildman–Crippen MR) is 81.6 cm³/mol. The lowest BCUT2D eigenvalue weighted by Gasteiger charge is -2.21. The van der Waals surface area contributed by atoms with Gasteiger partial charge in [0.2, 0.25) is 0 Å². The minimum absolute atomic E-state index is 0.788. The largest absolute Gasteiger partial charge is 0.413 e. The van der Waals surface area contributed by atoms with Crippen LogP contribution in [0.1, 0.15) is 11.1 Å². The molecule has 0 radical (unpaired) electrons. The average Bonchev–Trinajstić information content (AvgIpc) is 2.12. The van der Waals surface area contributed by atoms with Gasteiger partial charge in [-0.05, 0) is 36.8 Å². The lowest BCUT2D eigenvalue weighted by Crippen LogP contribution is -2.27. The second kappa shape index (κ2) is 5.50. The Kier molecular flexibility index (Phi) is 4.75. The van der Waals surface area contributed by atoms with Gasteiger partial charge in [0, 0.05) is 8.07 Å². The van der Waals surface area contributed by atoms with Crippen LogP contribution in [0.2, 0.25) is 39.3 Å². The fourth-order valence-electron chi connectivity index (χ4n) is 1.74. The predicted octanol–water partition coefficient (Wildman–Crippen LogP) is 4.46. The summed E-state index contributed by atoms with van der Waals surface area (Å²) in [4.78, 5) is 0. The van der Waals surface area contributed by atoms with Gasteiger partial charge in [-0.25, -0.2) is 0 Å². The zero-order valence-electron chi connectivity index (χ0n) is 12.1. The molecule has 17 heavy (non-hydrogen) atoms. The highest BCUT2D eigenvalue weighted by Crippen LogP contribution is 2.18. The van der Waals surface area contributed by atoms with Crippen LogP contribution in [0.15, 0.2) is 24.3 Å². The van der Waals surface area contributed by atoms with Crippen LogP contribution in [0.4, 0.5) is 0 Å². The van der Waals surface area contributed by atoms with Gasteiger partial charge in [0.15, 0.2) is 8.32 Å². The van der Waals surface area contributed by atoms with Crippen molar-refractivity contribution in [3.63, 3.8) is 0 Å². The maximum atomic E-state index is 6.02. The molecule has 0 unspecified atom stereocenters. The number of hydrogen-bond acceptors (Lipinski definition) is 1. The van der Waals surface area contributed by atoms with Crippen LogP contribution in [-0.2, 0) is 17.1 Å². The Morgan fingerprint density at radius 1 is 0.882 bits per heavy atom. The first-order valence-corrected chi connectivity index (χ1v) is 13.5. The summed E-state index contributed by atoms with van der Waals surface area (Å²) in [6.07, 6.45) is 0. The molecule has 3 heteroatoms. The van der Waals surface area contributed by atoms with Gasteiger partial charge < -0.3 is 4.43 Å². The summed E-state index contributed by atoms with van der Waals surface area (Å²) < 4.78 is 6.02. The molecule has 0 aliphatic rings. The maximum absolute atomic E-state index is 6.02. The van der Waals surface area contributed by atoms with Gasteiger partial charge in [-0.2, -0.15) is 0 Å². The monoisotopic (exact) mass is 266 g/mol. The van der Waals surface area contributed by atoms with E-state index in [1.807, 2.05) is 0 Å². The fourth-order valence-corrected chi connectivity index (χ4v) is 3.81. The van der Waals surface area contributed by atoms with E-state index < -0.39 is 16.4 Å². The normalized spacial score (nSPS) is 12.8. The molecule has 0 spiro atoms. The van der Waals surface area contributed by atoms with E-state index >= 15 is 0 Å². The second-order valence-electron chi connectivity index (χ2n) is 6.91. The van der Waals surface area contributed by atoms with Crippen LogP contribution >= 0.6 is 0 Å². The molecule has 0 fully saturated rings. The van der Waals surface area contributed by atoms with Crippen LogP contribution in [0.25, 0.3) is 0 Å². The average molecular weight is 267 g/mol. The van der Waals surface area contributed by atoms with E-state index in [-0.39, 0.29) is 0 Å². The summed E-state index contributed by atoms with van der Waals surface area (Å²) >= 11 is 0. The Labute approximate surface area is 108 Å². The molecule has 0 heterocycles. The molecule has 0 bridgehead atoms. The molecule has 1 aromatic carbocycles. The van der Waals surface area contributed by atoms with Gasteiger partial charge in [-0.15, -0.1) is 0 Å². The van der Waals surface area contributed by atoms with Crippen molar-refractivity contribution in [2.45, 2.75) is 51.9 Å². The van der Waals surface area contributed by atoms with E-state index in [1.54, 1.807) is 0 Å². The molecule has 96 valence electrons. The van der Waals surface area contributed by atoms with Crippen molar-refractivity contribution >= 4 is 16.4 Å². The SMILES string of the molecule is C[Si](C)(C)Cc1ccccc1CO[Si](C)(C)C. The van der Waals surface area contributed by atoms with Gasteiger partial charge in [-0.3, -0.25) is 0 Å². The van der Waals surface area contributed by atoms with E-state index in [1.165, 1.54) is 17.2 Å². The van der Waals surface area contributed by atoms with Crippen molar-refractivity contribution < 1.29 is 4.43 Å². The third-order valence-corrected chi connectivity index (χ3v) is 4.95. The van der Waals surface area contributed by atoms with Crippen LogP contribution in [0, 0.1) is 0 Å². The van der Waals surface area contributed by atoms with Crippen LogP contribution in [0.3, 0.4) is 0 Å². The molecular weight excluding hydrogens is 240 g/mol. The summed E-state index contributed by atoms with van der Waals surface area (Å²) in [5.74, 6) is 0. The molecule has 1 nitrogen and oxygen atoms in total. The Bertz CT molecular complexity index is 361. The van der Waals surface area contributed by atoms with E-state index in [0.29, 0.717) is 0 Å². The first-order chi connectivity index (χ1) is 7.67. The van der Waals surface area contributed by atoms with Gasteiger partial charge in [0.1, 0.15) is 0 Å². The summed E-state index contributed by atoms with van der Waals surface area (Å²) in [5, 5.41) is 0. The van der Waals surface area contributed by atoms with Crippen LogP contribution in [0.5, 0.6) is 0 Å². The maximum Gasteiger partial charge on any atom is 0.184 e. The third kappa shape index (κ3) is 6.19. The summed E-state index contributed by atoms with van der Waals surface area (Å²) in [6.45, 7) is 14.8. The fraction of sp³-hybridized carbons (Fsp3) is 0.571. The molecule has 0 amide bonds. The lowest BCUT2D eigenvalue weighted by molar-refractivity contribution is 0.298. The summed E-state index contributed by atoms with van der Waals surface area (Å²) in [5.41, 5.74) is 2.88. The lowest BCUT2D eigenvalue weighted by atomic mass is 10.1. The third-order valence-electron chi connectivity index (χ3n) is 2.50. The Morgan fingerprint density at radius 2 is 1.41 bits per heavy atom. The topological polar surface area (TPSA) is 9.23 Å². The standard InChI is InChI=1S/C14H26OSi2/c1-16(2,3)12-14-10-8-7-9-13(14)11-15-17(4,5)6/h7-10H,11-12H2,1-6H3. The van der Waals surface area contributed by atoms with Crippen LogP contribution in [-0.4, -0.2) is 16.4 Å². The smallest absolute Gasteiger partial charge is 0.184 e. The Hall–Kier alpha value is -0.386. The summed E-state index contributed by atoms with van der Waals surface area (Å²) in [7, 11) is -2.46. The van der Waals surface area contributed by atoms with Crippen molar-refractivity contribution in [2.75, 3.05) is 0 Å². The van der Waals surface area contributed by atoms with Gasteiger partial charge in [0.05, 0.1) is 6.61 Å². The minimum atomic E-state index is -1.41. The zero-order chi connectivity index (χ0) is 13.1. The minimum Gasteiger partial charge on any atom is -0.413 e. The molecule has 0 aromatic heterocycles. The molecular formula is C14H26OSi2. The van der Waals surface area contributed by atoms with Gasteiger partial charge >= 0.3 is 0 Å². The molecule has 1 aromatic rings.